The highest BCUT2D eigenvalue weighted by atomic mass is 32.1. The van der Waals surface area contributed by atoms with Gasteiger partial charge < -0.3 is 10.5 Å². The molecule has 0 aliphatic heterocycles. The molecule has 0 aromatic heterocycles. The molecule has 0 bridgehead atoms. The summed E-state index contributed by atoms with van der Waals surface area (Å²) in [5, 5.41) is 0. The molecule has 1 aromatic carbocycles. The Labute approximate surface area is 71.8 Å². The summed E-state index contributed by atoms with van der Waals surface area (Å²) in [6, 6.07) is 3.66. The molecule has 2 nitrogen and oxygen atoms in total. The zero-order chi connectivity index (χ0) is 8.43. The summed E-state index contributed by atoms with van der Waals surface area (Å²) in [7, 11) is 1.62. The van der Waals surface area contributed by atoms with Crippen LogP contribution in [0.1, 0.15) is 5.56 Å². The molecule has 1 aromatic rings. The molecule has 0 aliphatic carbocycles. The molecule has 11 heavy (non-hydrogen) atoms. The molecule has 0 saturated heterocycles. The van der Waals surface area contributed by atoms with E-state index in [1.54, 1.807) is 13.2 Å². The minimum absolute atomic E-state index is 0.746. The molecule has 0 aliphatic rings. The van der Waals surface area contributed by atoms with Crippen molar-refractivity contribution < 1.29 is 4.74 Å². The van der Waals surface area contributed by atoms with Gasteiger partial charge in [-0.25, -0.2) is 0 Å². The summed E-state index contributed by atoms with van der Waals surface area (Å²) in [6.45, 7) is 1.94. The average Bonchev–Trinajstić information content (AvgIpc) is 1.97. The molecular weight excluding hydrogens is 158 g/mol. The van der Waals surface area contributed by atoms with Crippen LogP contribution in [0.4, 0.5) is 5.69 Å². The van der Waals surface area contributed by atoms with E-state index in [-0.39, 0.29) is 0 Å². The van der Waals surface area contributed by atoms with Crippen molar-refractivity contribution in [3.63, 3.8) is 0 Å². The quantitative estimate of drug-likeness (QED) is 0.497. The van der Waals surface area contributed by atoms with E-state index in [1.165, 1.54) is 0 Å². The molecular formula is C8H11NOS. The van der Waals surface area contributed by atoms with Crippen LogP contribution in [0.15, 0.2) is 17.0 Å². The van der Waals surface area contributed by atoms with Crippen molar-refractivity contribution in [1.82, 2.24) is 0 Å². The summed E-state index contributed by atoms with van der Waals surface area (Å²) < 4.78 is 5.05. The van der Waals surface area contributed by atoms with Crippen LogP contribution in [-0.2, 0) is 0 Å². The van der Waals surface area contributed by atoms with E-state index >= 15 is 0 Å². The van der Waals surface area contributed by atoms with Gasteiger partial charge in [0, 0.05) is 10.6 Å². The third-order valence-corrected chi connectivity index (χ3v) is 1.92. The minimum Gasteiger partial charge on any atom is -0.496 e. The molecule has 3 heteroatoms. The number of hydrogen-bond donors (Lipinski definition) is 2. The summed E-state index contributed by atoms with van der Waals surface area (Å²) in [6.07, 6.45) is 0. The van der Waals surface area contributed by atoms with Crippen molar-refractivity contribution in [2.24, 2.45) is 0 Å². The van der Waals surface area contributed by atoms with Crippen LogP contribution in [0, 0.1) is 6.92 Å². The van der Waals surface area contributed by atoms with Gasteiger partial charge in [-0.3, -0.25) is 0 Å². The van der Waals surface area contributed by atoms with Crippen LogP contribution >= 0.6 is 12.6 Å². The lowest BCUT2D eigenvalue weighted by atomic mass is 10.2. The maximum absolute atomic E-state index is 5.64. The van der Waals surface area contributed by atoms with Gasteiger partial charge in [0.25, 0.3) is 0 Å². The van der Waals surface area contributed by atoms with E-state index in [0.29, 0.717) is 0 Å². The van der Waals surface area contributed by atoms with Gasteiger partial charge in [-0.1, -0.05) is 0 Å². The zero-order valence-corrected chi connectivity index (χ0v) is 7.48. The van der Waals surface area contributed by atoms with Crippen molar-refractivity contribution in [3.05, 3.63) is 17.7 Å². The molecule has 0 unspecified atom stereocenters. The van der Waals surface area contributed by atoms with E-state index < -0.39 is 0 Å². The Kier molecular flexibility index (Phi) is 2.29. The number of benzene rings is 1. The van der Waals surface area contributed by atoms with Gasteiger partial charge in [-0.2, -0.15) is 0 Å². The standard InChI is InChI=1S/C8H11NOS/c1-5-3-7(10-2)8(11)4-6(5)9/h3-4,11H,9H2,1-2H3. The van der Waals surface area contributed by atoms with Gasteiger partial charge in [0.05, 0.1) is 7.11 Å². The first-order chi connectivity index (χ1) is 5.15. The largest absolute Gasteiger partial charge is 0.496 e. The summed E-state index contributed by atoms with van der Waals surface area (Å²) in [5.41, 5.74) is 7.40. The second-order valence-corrected chi connectivity index (χ2v) is 2.86. The van der Waals surface area contributed by atoms with Crippen molar-refractivity contribution >= 4 is 18.3 Å². The number of nitrogens with two attached hydrogens (primary N) is 1. The molecule has 1 rings (SSSR count). The molecule has 0 heterocycles. The monoisotopic (exact) mass is 169 g/mol. The highest BCUT2D eigenvalue weighted by molar-refractivity contribution is 7.80. The topological polar surface area (TPSA) is 35.2 Å². The molecule has 60 valence electrons. The van der Waals surface area contributed by atoms with E-state index in [4.69, 9.17) is 10.5 Å². The van der Waals surface area contributed by atoms with Gasteiger partial charge in [0.1, 0.15) is 5.75 Å². The number of aryl methyl sites for hydroxylation is 1. The highest BCUT2D eigenvalue weighted by Gasteiger charge is 2.01. The SMILES string of the molecule is COc1cc(C)c(N)cc1S. The minimum atomic E-state index is 0.746. The van der Waals surface area contributed by atoms with Crippen LogP contribution in [0.5, 0.6) is 5.75 Å². The predicted octanol–water partition coefficient (Wildman–Crippen LogP) is 1.87. The number of methoxy groups -OCH3 is 1. The Morgan fingerprint density at radius 3 is 2.64 bits per heavy atom. The van der Waals surface area contributed by atoms with Crippen molar-refractivity contribution in [2.75, 3.05) is 12.8 Å². The normalized spacial score (nSPS) is 9.73. The fraction of sp³-hybridized carbons (Fsp3) is 0.250. The Balaban J connectivity index is 3.21. The molecule has 0 saturated carbocycles. The Hall–Kier alpha value is -0.830. The molecule has 2 N–H and O–H groups in total. The number of thiol groups is 1. The third-order valence-electron chi connectivity index (χ3n) is 1.57. The number of ether oxygens (including phenoxy) is 1. The molecule has 0 spiro atoms. The Bertz CT molecular complexity index is 273. The van der Waals surface area contributed by atoms with Gasteiger partial charge in [-0.15, -0.1) is 12.6 Å². The van der Waals surface area contributed by atoms with E-state index in [9.17, 15) is 0 Å². The number of rotatable bonds is 1. The predicted molar refractivity (Wildman–Crippen MR) is 49.4 cm³/mol. The first-order valence-electron chi connectivity index (χ1n) is 3.28. The Morgan fingerprint density at radius 2 is 2.09 bits per heavy atom. The summed E-state index contributed by atoms with van der Waals surface area (Å²) in [4.78, 5) is 0.774. The molecule has 0 fully saturated rings. The van der Waals surface area contributed by atoms with Gasteiger partial charge in [0.15, 0.2) is 0 Å². The molecule has 0 radical (unpaired) electrons. The highest BCUT2D eigenvalue weighted by Crippen LogP contribution is 2.27. The second-order valence-electron chi connectivity index (χ2n) is 2.38. The van der Waals surface area contributed by atoms with Gasteiger partial charge in [0.2, 0.25) is 0 Å². The maximum atomic E-state index is 5.64. The van der Waals surface area contributed by atoms with E-state index in [1.807, 2.05) is 13.0 Å². The van der Waals surface area contributed by atoms with Crippen molar-refractivity contribution in [2.45, 2.75) is 11.8 Å². The fourth-order valence-electron chi connectivity index (χ4n) is 0.850. The van der Waals surface area contributed by atoms with Crippen molar-refractivity contribution in [1.29, 1.82) is 0 Å². The van der Waals surface area contributed by atoms with Crippen LogP contribution < -0.4 is 10.5 Å². The number of hydrogen-bond acceptors (Lipinski definition) is 3. The van der Waals surface area contributed by atoms with Gasteiger partial charge >= 0.3 is 0 Å². The smallest absolute Gasteiger partial charge is 0.132 e. The first-order valence-corrected chi connectivity index (χ1v) is 3.73. The number of nitrogen functional groups attached to an aromatic ring is 1. The first kappa shape index (κ1) is 8.27. The lowest BCUT2D eigenvalue weighted by molar-refractivity contribution is 0.405. The van der Waals surface area contributed by atoms with Crippen LogP contribution in [0.25, 0.3) is 0 Å². The van der Waals surface area contributed by atoms with E-state index in [2.05, 4.69) is 12.6 Å². The molecule has 0 atom stereocenters. The average molecular weight is 169 g/mol. The lowest BCUT2D eigenvalue weighted by Gasteiger charge is -2.06. The maximum Gasteiger partial charge on any atom is 0.132 e. The van der Waals surface area contributed by atoms with Gasteiger partial charge in [-0.05, 0) is 24.6 Å². The van der Waals surface area contributed by atoms with Crippen LogP contribution in [-0.4, -0.2) is 7.11 Å². The Morgan fingerprint density at radius 1 is 1.45 bits per heavy atom. The van der Waals surface area contributed by atoms with Crippen molar-refractivity contribution in [3.8, 4) is 5.75 Å². The van der Waals surface area contributed by atoms with E-state index in [0.717, 1.165) is 21.9 Å². The third kappa shape index (κ3) is 1.60. The second kappa shape index (κ2) is 3.05. The zero-order valence-electron chi connectivity index (χ0n) is 6.59. The van der Waals surface area contributed by atoms with Crippen LogP contribution in [0.3, 0.4) is 0 Å². The summed E-state index contributed by atoms with van der Waals surface area (Å²) >= 11 is 4.19. The molecule has 0 amide bonds. The summed E-state index contributed by atoms with van der Waals surface area (Å²) in [5.74, 6) is 0.764. The fourth-order valence-corrected chi connectivity index (χ4v) is 1.14. The van der Waals surface area contributed by atoms with Crippen LogP contribution in [0.2, 0.25) is 0 Å². The lowest BCUT2D eigenvalue weighted by Crippen LogP contribution is -1.92. The number of anilines is 1.